The molecule has 5 N–H and O–H groups in total. The molecule has 0 aliphatic carbocycles. The van der Waals surface area contributed by atoms with E-state index in [-0.39, 0.29) is 42.1 Å². The third-order valence-corrected chi connectivity index (χ3v) is 7.35. The number of rotatable bonds is 5. The second-order valence-electron chi connectivity index (χ2n) is 10.4. The quantitative estimate of drug-likeness (QED) is 0.286. The van der Waals surface area contributed by atoms with Crippen LogP contribution < -0.4 is 16.2 Å². The van der Waals surface area contributed by atoms with Crippen LogP contribution in [0.4, 0.5) is 20.7 Å². The molecule has 0 spiro atoms. The zero-order chi connectivity index (χ0) is 29.7. The fraction of sp³-hybridized carbons (Fsp3) is 0.583. The van der Waals surface area contributed by atoms with E-state index in [0.717, 1.165) is 6.42 Å². The third kappa shape index (κ3) is 5.31. The number of imidazole rings is 2. The smallest absolute Gasteiger partial charge is 0.246 e. The lowest BCUT2D eigenvalue weighted by Gasteiger charge is -2.22. The van der Waals surface area contributed by atoms with Gasteiger partial charge in [0, 0.05) is 12.8 Å². The molecule has 2 aliphatic rings. The highest BCUT2D eigenvalue weighted by atomic mass is 35.5. The molecular weight excluding hydrogens is 566 g/mol. The van der Waals surface area contributed by atoms with Gasteiger partial charge in [0.15, 0.2) is 45.8 Å². The minimum absolute atomic E-state index is 0.00151. The Morgan fingerprint density at radius 3 is 1.98 bits per heavy atom. The first-order valence-electron chi connectivity index (χ1n) is 12.9. The summed E-state index contributed by atoms with van der Waals surface area (Å²) in [6, 6.07) is 0. The van der Waals surface area contributed by atoms with E-state index in [9.17, 15) is 13.9 Å². The number of fused-ring (bicyclic) bond motifs is 2. The maximum Gasteiger partial charge on any atom is 0.246 e. The minimum Gasteiger partial charge on any atom is -0.479 e. The Hall–Kier alpha value is -3.47. The molecule has 4 unspecified atom stereocenters. The lowest BCUT2D eigenvalue weighted by atomic mass is 10.0. The molecule has 2 saturated heterocycles. The van der Waals surface area contributed by atoms with Crippen LogP contribution in [0.25, 0.3) is 22.3 Å². The summed E-state index contributed by atoms with van der Waals surface area (Å²) in [7, 11) is 1.44. The summed E-state index contributed by atoms with van der Waals surface area (Å²) in [6.07, 6.45) is 1.62. The molecule has 0 aromatic carbocycles. The number of nitrogens with two attached hydrogens (primary N) is 2. The van der Waals surface area contributed by atoms with E-state index in [1.807, 2.05) is 6.92 Å². The second kappa shape index (κ2) is 10.7. The van der Waals surface area contributed by atoms with Crippen molar-refractivity contribution in [1.29, 1.82) is 0 Å². The van der Waals surface area contributed by atoms with Gasteiger partial charge in [0.2, 0.25) is 17.8 Å². The van der Waals surface area contributed by atoms with Crippen molar-refractivity contribution < 1.29 is 28.1 Å². The molecule has 6 rings (SSSR count). The Labute approximate surface area is 238 Å². The summed E-state index contributed by atoms with van der Waals surface area (Å²) < 4.78 is 48.8. The lowest BCUT2D eigenvalue weighted by Crippen LogP contribution is -2.27. The minimum atomic E-state index is -1.66. The van der Waals surface area contributed by atoms with E-state index < -0.39 is 29.9 Å². The van der Waals surface area contributed by atoms with Crippen molar-refractivity contribution in [3.8, 4) is 5.88 Å². The van der Waals surface area contributed by atoms with Gasteiger partial charge in [-0.15, -0.1) is 0 Å². The molecule has 0 radical (unpaired) electrons. The summed E-state index contributed by atoms with van der Waals surface area (Å²) in [5, 5.41) is 9.32. The molecule has 4 aromatic heterocycles. The van der Waals surface area contributed by atoms with Crippen molar-refractivity contribution in [2.75, 3.05) is 25.2 Å². The van der Waals surface area contributed by atoms with Gasteiger partial charge >= 0.3 is 0 Å². The average molecular weight is 597 g/mol. The number of hydrogen-bond acceptors (Lipinski definition) is 12. The van der Waals surface area contributed by atoms with Crippen molar-refractivity contribution in [3.05, 3.63) is 17.8 Å². The maximum atomic E-state index is 14.7. The number of aliphatic hydroxyl groups excluding tert-OH is 1. The van der Waals surface area contributed by atoms with E-state index in [2.05, 4.69) is 29.9 Å². The first-order chi connectivity index (χ1) is 19.4. The number of methoxy groups -OCH3 is 1. The molecule has 0 bridgehead atoms. The highest BCUT2D eigenvalue weighted by molar-refractivity contribution is 6.33. The van der Waals surface area contributed by atoms with Crippen molar-refractivity contribution in [2.24, 2.45) is 0 Å². The van der Waals surface area contributed by atoms with Crippen molar-refractivity contribution in [2.45, 2.75) is 76.0 Å². The van der Waals surface area contributed by atoms with Crippen LogP contribution in [0, 0.1) is 0 Å². The van der Waals surface area contributed by atoms with E-state index in [0.29, 0.717) is 28.7 Å². The van der Waals surface area contributed by atoms with Crippen LogP contribution in [-0.4, -0.2) is 81.4 Å². The number of aromatic nitrogens is 8. The zero-order valence-corrected chi connectivity index (χ0v) is 23.6. The van der Waals surface area contributed by atoms with Gasteiger partial charge in [-0.1, -0.05) is 18.5 Å². The van der Waals surface area contributed by atoms with E-state index in [1.54, 1.807) is 0 Å². The number of ether oxygens (including phenoxy) is 3. The van der Waals surface area contributed by atoms with Crippen LogP contribution in [0.3, 0.4) is 0 Å². The number of halogens is 3. The van der Waals surface area contributed by atoms with Gasteiger partial charge in [-0.25, -0.2) is 18.7 Å². The molecule has 0 saturated carbocycles. The fourth-order valence-electron chi connectivity index (χ4n) is 5.19. The van der Waals surface area contributed by atoms with Gasteiger partial charge < -0.3 is 30.8 Å². The molecule has 41 heavy (non-hydrogen) atoms. The van der Waals surface area contributed by atoms with E-state index >= 15 is 0 Å². The molecule has 2 fully saturated rings. The monoisotopic (exact) mass is 596 g/mol. The summed E-state index contributed by atoms with van der Waals surface area (Å²) in [5.41, 5.74) is 9.53. The van der Waals surface area contributed by atoms with Crippen molar-refractivity contribution in [1.82, 2.24) is 39.0 Å². The molecule has 222 valence electrons. The average Bonchev–Trinajstić information content (AvgIpc) is 3.66. The normalized spacial score (nSPS) is 29.7. The van der Waals surface area contributed by atoms with Crippen LogP contribution in [0.15, 0.2) is 12.7 Å². The molecule has 6 atom stereocenters. The number of alkyl halides is 2. The predicted molar refractivity (Wildman–Crippen MR) is 144 cm³/mol. The highest BCUT2D eigenvalue weighted by Gasteiger charge is 2.48. The second-order valence-corrected chi connectivity index (χ2v) is 10.7. The predicted octanol–water partition coefficient (Wildman–Crippen LogP) is 2.91. The summed E-state index contributed by atoms with van der Waals surface area (Å²) in [4.78, 5) is 24.2. The summed E-state index contributed by atoms with van der Waals surface area (Å²) in [6.45, 7) is 4.65. The Balaban J connectivity index is 0.000000165. The third-order valence-electron chi connectivity index (χ3n) is 7.09. The number of anilines is 2. The van der Waals surface area contributed by atoms with Gasteiger partial charge in [0.05, 0.1) is 38.6 Å². The van der Waals surface area contributed by atoms with Crippen molar-refractivity contribution in [3.63, 3.8) is 0 Å². The Bertz CT molecular complexity index is 1560. The molecule has 17 heteroatoms. The number of aliphatic hydroxyl groups is 1. The lowest BCUT2D eigenvalue weighted by molar-refractivity contribution is -0.0565. The van der Waals surface area contributed by atoms with Gasteiger partial charge in [0.1, 0.15) is 5.52 Å². The first kappa shape index (κ1) is 29.0. The molecule has 2 aliphatic heterocycles. The summed E-state index contributed by atoms with van der Waals surface area (Å²) in [5.74, 6) is 0.238. The topological polar surface area (TPSA) is 187 Å². The molecule has 0 amide bonds. The van der Waals surface area contributed by atoms with Crippen LogP contribution >= 0.6 is 11.6 Å². The number of hydrogen-bond donors (Lipinski definition) is 3. The summed E-state index contributed by atoms with van der Waals surface area (Å²) >= 11 is 5.97. The molecule has 4 aromatic rings. The van der Waals surface area contributed by atoms with E-state index in [4.69, 9.17) is 37.3 Å². The van der Waals surface area contributed by atoms with Crippen LogP contribution in [0.5, 0.6) is 5.88 Å². The molecule has 14 nitrogen and oxygen atoms in total. The van der Waals surface area contributed by atoms with Crippen LogP contribution in [0.2, 0.25) is 5.15 Å². The molecule has 6 heterocycles. The fourth-order valence-corrected chi connectivity index (χ4v) is 5.41. The highest BCUT2D eigenvalue weighted by Crippen LogP contribution is 2.44. The van der Waals surface area contributed by atoms with Gasteiger partial charge in [-0.2, -0.15) is 19.9 Å². The Morgan fingerprint density at radius 1 is 0.951 bits per heavy atom. The standard InChI is InChI=1S/C12H15ClFN5O.C12H16FN5O3/c1-3-6-4-12(2,14)10(20-6)19-5-16-7-8(13)17-11(15)18-9(7)19;1-12(13)3-6(4-19)21-10(12)18-5-15-7-8(18)16-11(14)17-9(7)20-2/h5-6,10H,3-4H2,1-2H3,(H2,15,17,18);5-6,10,19H,3-4H2,1-2H3,(H2,14,16,17)/t2*6?,10?,12-/m11/s1. The first-order valence-corrected chi connectivity index (χ1v) is 13.3. The largest absolute Gasteiger partial charge is 0.479 e. The molecular formula is C24H31ClF2N10O4. The Morgan fingerprint density at radius 2 is 1.46 bits per heavy atom. The van der Waals surface area contributed by atoms with Crippen LogP contribution in [0.1, 0.15) is 52.5 Å². The van der Waals surface area contributed by atoms with Gasteiger partial charge in [-0.05, 0) is 20.3 Å². The maximum absolute atomic E-state index is 14.7. The SMILES string of the molecule is CCC1C[C@@](C)(F)C(n2cnc3c(Cl)nc(N)nc32)O1.COc1nc(N)nc2c1ncn2C1OC(CO)C[C@@]1(C)F. The number of nitrogen functional groups attached to an aromatic ring is 2. The number of nitrogens with zero attached hydrogens (tertiary/aromatic N) is 8. The van der Waals surface area contributed by atoms with E-state index in [1.165, 1.54) is 42.7 Å². The van der Waals surface area contributed by atoms with Gasteiger partial charge in [-0.3, -0.25) is 9.13 Å². The Kier molecular flexibility index (Phi) is 7.61. The van der Waals surface area contributed by atoms with Crippen LogP contribution in [-0.2, 0) is 9.47 Å². The van der Waals surface area contributed by atoms with Gasteiger partial charge in [0.25, 0.3) is 0 Å². The zero-order valence-electron chi connectivity index (χ0n) is 22.8. The van der Waals surface area contributed by atoms with Crippen molar-refractivity contribution >= 4 is 45.8 Å².